The third-order valence-corrected chi connectivity index (χ3v) is 6.56. The molecule has 0 radical (unpaired) electrons. The highest BCUT2D eigenvalue weighted by Gasteiger charge is 2.15. The standard InChI is InChI=1S/C21H19N5O5S2/c1-30-18-8-3-13(9-19(18)31-2)17-12-32-20(25-17)14(10-22)11-24-15-4-6-16(7-5-15)33(28,29)26-21(23)27/h3-9,11-12,24H,1-2H3,(H3,23,26,27)/b14-11+. The van der Waals surface area contributed by atoms with Gasteiger partial charge in [0.1, 0.15) is 16.6 Å². The number of nitrogens with one attached hydrogen (secondary N) is 2. The molecule has 0 aliphatic rings. The number of aromatic nitrogens is 1. The monoisotopic (exact) mass is 485 g/mol. The highest BCUT2D eigenvalue weighted by atomic mass is 32.2. The Bertz CT molecular complexity index is 1340. The van der Waals surface area contributed by atoms with Crippen LogP contribution in [-0.2, 0) is 10.0 Å². The highest BCUT2D eigenvalue weighted by Crippen LogP contribution is 2.33. The van der Waals surface area contributed by atoms with Crippen LogP contribution in [0.3, 0.4) is 0 Å². The highest BCUT2D eigenvalue weighted by molar-refractivity contribution is 7.90. The molecule has 3 aromatic rings. The molecule has 0 unspecified atom stereocenters. The van der Waals surface area contributed by atoms with Gasteiger partial charge in [-0.2, -0.15) is 5.26 Å². The zero-order valence-corrected chi connectivity index (χ0v) is 19.2. The molecule has 0 bridgehead atoms. The molecule has 0 aliphatic heterocycles. The molecule has 4 N–H and O–H groups in total. The van der Waals surface area contributed by atoms with Crippen molar-refractivity contribution in [2.45, 2.75) is 4.90 Å². The number of nitrogens with two attached hydrogens (primary N) is 1. The van der Waals surface area contributed by atoms with Crippen molar-refractivity contribution in [3.8, 4) is 28.8 Å². The number of urea groups is 1. The number of amides is 2. The van der Waals surface area contributed by atoms with Crippen molar-refractivity contribution < 1.29 is 22.7 Å². The van der Waals surface area contributed by atoms with Gasteiger partial charge < -0.3 is 20.5 Å². The molecule has 1 heterocycles. The molecule has 170 valence electrons. The largest absolute Gasteiger partial charge is 0.493 e. The van der Waals surface area contributed by atoms with Crippen LogP contribution in [0.5, 0.6) is 11.5 Å². The van der Waals surface area contributed by atoms with Crippen molar-refractivity contribution in [3.05, 3.63) is 59.1 Å². The molecule has 0 saturated carbocycles. The number of carbonyl (C=O) groups excluding carboxylic acids is 1. The van der Waals surface area contributed by atoms with Crippen molar-refractivity contribution in [3.63, 3.8) is 0 Å². The topological polar surface area (TPSA) is 156 Å². The molecule has 0 spiro atoms. The minimum atomic E-state index is -4.03. The molecule has 0 saturated heterocycles. The lowest BCUT2D eigenvalue weighted by Crippen LogP contribution is -2.34. The lowest BCUT2D eigenvalue weighted by Gasteiger charge is -2.08. The van der Waals surface area contributed by atoms with Crippen LogP contribution < -0.4 is 25.2 Å². The predicted octanol–water partition coefficient (Wildman–Crippen LogP) is 3.16. The smallest absolute Gasteiger partial charge is 0.326 e. The summed E-state index contributed by atoms with van der Waals surface area (Å²) in [5, 5.41) is 14.8. The van der Waals surface area contributed by atoms with Gasteiger partial charge in [-0.1, -0.05) is 0 Å². The Hall–Kier alpha value is -4.08. The summed E-state index contributed by atoms with van der Waals surface area (Å²) < 4.78 is 36.1. The molecule has 0 atom stereocenters. The zero-order chi connectivity index (χ0) is 24.0. The number of thiazole rings is 1. The summed E-state index contributed by atoms with van der Waals surface area (Å²) in [6.45, 7) is 0. The second-order valence-corrected chi connectivity index (χ2v) is 8.96. The minimum absolute atomic E-state index is 0.129. The Labute approximate surface area is 194 Å². The summed E-state index contributed by atoms with van der Waals surface area (Å²) in [4.78, 5) is 15.2. The van der Waals surface area contributed by atoms with Crippen molar-refractivity contribution in [2.24, 2.45) is 5.73 Å². The molecule has 3 rings (SSSR count). The third-order valence-electron chi connectivity index (χ3n) is 4.32. The van der Waals surface area contributed by atoms with E-state index in [1.807, 2.05) is 11.4 Å². The van der Waals surface area contributed by atoms with Gasteiger partial charge in [0, 0.05) is 22.8 Å². The molecule has 2 amide bonds. The fourth-order valence-corrected chi connectivity index (χ4v) is 4.42. The van der Waals surface area contributed by atoms with E-state index in [0.717, 1.165) is 5.56 Å². The number of sulfonamides is 1. The lowest BCUT2D eigenvalue weighted by molar-refractivity contribution is 0.253. The second kappa shape index (κ2) is 10.0. The van der Waals surface area contributed by atoms with Gasteiger partial charge in [0.05, 0.1) is 24.8 Å². The molecular formula is C21H19N5O5S2. The maximum absolute atomic E-state index is 11.9. The molecule has 0 aliphatic carbocycles. The third kappa shape index (κ3) is 5.59. The first-order chi connectivity index (χ1) is 15.8. The number of carbonyl (C=O) groups is 1. The van der Waals surface area contributed by atoms with Crippen molar-refractivity contribution in [1.82, 2.24) is 9.71 Å². The van der Waals surface area contributed by atoms with Crippen LogP contribution >= 0.6 is 11.3 Å². The second-order valence-electron chi connectivity index (χ2n) is 6.42. The van der Waals surface area contributed by atoms with E-state index in [-0.39, 0.29) is 4.90 Å². The quantitative estimate of drug-likeness (QED) is 0.411. The van der Waals surface area contributed by atoms with E-state index in [1.54, 1.807) is 31.1 Å². The number of methoxy groups -OCH3 is 2. The van der Waals surface area contributed by atoms with Gasteiger partial charge in [0.25, 0.3) is 10.0 Å². The van der Waals surface area contributed by atoms with Crippen LogP contribution in [0, 0.1) is 11.3 Å². The number of rotatable bonds is 8. The minimum Gasteiger partial charge on any atom is -0.493 e. The van der Waals surface area contributed by atoms with Crippen LogP contribution in [-0.4, -0.2) is 33.7 Å². The van der Waals surface area contributed by atoms with Crippen molar-refractivity contribution in [2.75, 3.05) is 19.5 Å². The number of primary amides is 1. The molecule has 12 heteroatoms. The number of hydrogen-bond acceptors (Lipinski definition) is 9. The predicted molar refractivity (Wildman–Crippen MR) is 124 cm³/mol. The van der Waals surface area contributed by atoms with E-state index in [1.165, 1.54) is 41.8 Å². The Morgan fingerprint density at radius 3 is 2.45 bits per heavy atom. The van der Waals surface area contributed by atoms with Crippen molar-refractivity contribution >= 4 is 38.7 Å². The summed E-state index contributed by atoms with van der Waals surface area (Å²) in [5.74, 6) is 1.17. The number of allylic oxidation sites excluding steroid dienone is 1. The molecule has 10 nitrogen and oxygen atoms in total. The van der Waals surface area contributed by atoms with Gasteiger partial charge in [-0.05, 0) is 42.5 Å². The Kier molecular flexibility index (Phi) is 7.17. The maximum atomic E-state index is 11.9. The average molecular weight is 486 g/mol. The first-order valence-electron chi connectivity index (χ1n) is 9.25. The number of benzene rings is 2. The van der Waals surface area contributed by atoms with Crippen LogP contribution in [0.2, 0.25) is 0 Å². The maximum Gasteiger partial charge on any atom is 0.326 e. The lowest BCUT2D eigenvalue weighted by atomic mass is 10.1. The number of ether oxygens (including phenoxy) is 2. The number of anilines is 1. The van der Waals surface area contributed by atoms with E-state index in [0.29, 0.717) is 33.5 Å². The van der Waals surface area contributed by atoms with E-state index in [9.17, 15) is 18.5 Å². The first kappa shape index (κ1) is 23.6. The van der Waals surface area contributed by atoms with E-state index in [4.69, 9.17) is 15.2 Å². The zero-order valence-electron chi connectivity index (χ0n) is 17.5. The Morgan fingerprint density at radius 2 is 1.85 bits per heavy atom. The van der Waals surface area contributed by atoms with Gasteiger partial charge in [0.2, 0.25) is 0 Å². The van der Waals surface area contributed by atoms with Crippen LogP contribution in [0.4, 0.5) is 10.5 Å². The molecule has 2 aromatic carbocycles. The van der Waals surface area contributed by atoms with Gasteiger partial charge in [-0.3, -0.25) is 0 Å². The van der Waals surface area contributed by atoms with E-state index >= 15 is 0 Å². The summed E-state index contributed by atoms with van der Waals surface area (Å²) in [6, 6.07) is 11.9. The molecule has 33 heavy (non-hydrogen) atoms. The fraction of sp³-hybridized carbons (Fsp3) is 0.0952. The van der Waals surface area contributed by atoms with Gasteiger partial charge in [-0.15, -0.1) is 11.3 Å². The fourth-order valence-electron chi connectivity index (χ4n) is 2.74. The first-order valence-corrected chi connectivity index (χ1v) is 11.6. The molecular weight excluding hydrogens is 466 g/mol. The van der Waals surface area contributed by atoms with Crippen LogP contribution in [0.25, 0.3) is 16.8 Å². The average Bonchev–Trinajstić information content (AvgIpc) is 3.28. The van der Waals surface area contributed by atoms with E-state index in [2.05, 4.69) is 16.4 Å². The van der Waals surface area contributed by atoms with Crippen LogP contribution in [0.15, 0.2) is 58.9 Å². The Balaban J connectivity index is 1.78. The van der Waals surface area contributed by atoms with Crippen molar-refractivity contribution in [1.29, 1.82) is 5.26 Å². The SMILES string of the molecule is COc1ccc(-c2csc(/C(C#N)=C/Nc3ccc(S(=O)(=O)NC(N)=O)cc3)n2)cc1OC. The molecule has 1 aromatic heterocycles. The van der Waals surface area contributed by atoms with Gasteiger partial charge in [0.15, 0.2) is 11.5 Å². The van der Waals surface area contributed by atoms with Gasteiger partial charge >= 0.3 is 6.03 Å². The van der Waals surface area contributed by atoms with Gasteiger partial charge in [-0.25, -0.2) is 22.9 Å². The number of nitriles is 1. The summed E-state index contributed by atoms with van der Waals surface area (Å²) in [6.07, 6.45) is 1.47. The van der Waals surface area contributed by atoms with Crippen LogP contribution in [0.1, 0.15) is 5.01 Å². The normalized spacial score (nSPS) is 11.4. The number of hydrogen-bond donors (Lipinski definition) is 3. The van der Waals surface area contributed by atoms with E-state index < -0.39 is 16.1 Å². The summed E-state index contributed by atoms with van der Waals surface area (Å²) in [7, 11) is -0.930. The molecule has 0 fully saturated rings. The Morgan fingerprint density at radius 1 is 1.15 bits per heavy atom. The number of nitrogens with zero attached hydrogens (tertiary/aromatic N) is 2. The summed E-state index contributed by atoms with van der Waals surface area (Å²) in [5.41, 5.74) is 7.16. The summed E-state index contributed by atoms with van der Waals surface area (Å²) >= 11 is 1.30.